The number of anilines is 1. The van der Waals surface area contributed by atoms with Gasteiger partial charge in [-0.15, -0.1) is 0 Å². The molecule has 0 radical (unpaired) electrons. The zero-order valence-corrected chi connectivity index (χ0v) is 17.7. The van der Waals surface area contributed by atoms with Crippen LogP contribution in [0.3, 0.4) is 0 Å². The maximum absolute atomic E-state index is 13.5. The van der Waals surface area contributed by atoms with E-state index in [2.05, 4.69) is 5.32 Å². The van der Waals surface area contributed by atoms with Crippen molar-refractivity contribution in [3.63, 3.8) is 0 Å². The van der Waals surface area contributed by atoms with Gasteiger partial charge in [0.2, 0.25) is 0 Å². The molecular weight excluding hydrogens is 396 g/mol. The number of carbonyl (C=O) groups excluding carboxylic acids is 2. The Balaban J connectivity index is 1.60. The van der Waals surface area contributed by atoms with Crippen LogP contribution in [-0.4, -0.2) is 16.7 Å². The quantitative estimate of drug-likeness (QED) is 0.433. The van der Waals surface area contributed by atoms with E-state index in [9.17, 15) is 9.59 Å². The minimum Gasteiger partial charge on any atom is -0.350 e. The number of nitrogens with zero attached hydrogens (tertiary/aromatic N) is 1. The van der Waals surface area contributed by atoms with Crippen molar-refractivity contribution in [3.8, 4) is 0 Å². The monoisotopic (exact) mass is 418 g/mol. The molecule has 0 bridgehead atoms. The second kappa shape index (κ2) is 8.16. The highest BCUT2D eigenvalue weighted by Gasteiger charge is 2.39. The van der Waals surface area contributed by atoms with Gasteiger partial charge in [-0.3, -0.25) is 14.5 Å². The van der Waals surface area contributed by atoms with Crippen molar-refractivity contribution < 1.29 is 9.59 Å². The van der Waals surface area contributed by atoms with E-state index in [1.54, 1.807) is 0 Å². The number of carbonyl (C=O) groups is 2. The number of amides is 2. The Morgan fingerprint density at radius 3 is 2.19 bits per heavy atom. The zero-order chi connectivity index (χ0) is 22.1. The second-order valence-corrected chi connectivity index (χ2v) is 7.95. The summed E-state index contributed by atoms with van der Waals surface area (Å²) >= 11 is 0. The maximum Gasteiger partial charge on any atom is 0.278 e. The van der Waals surface area contributed by atoms with Crippen LogP contribution < -0.4 is 5.32 Å². The molecule has 0 fully saturated rings. The van der Waals surface area contributed by atoms with Gasteiger partial charge in [0.05, 0.1) is 12.1 Å². The molecule has 0 aliphatic carbocycles. The molecule has 0 saturated carbocycles. The fourth-order valence-corrected chi connectivity index (χ4v) is 4.06. The number of nitrogens with one attached hydrogen (secondary N) is 1. The van der Waals surface area contributed by atoms with E-state index in [0.29, 0.717) is 11.3 Å². The fraction of sp³-hybridized carbons (Fsp3) is 0.0714. The number of benzene rings is 4. The molecular formula is C28H22N2O2. The minimum absolute atomic E-state index is 0.231. The molecule has 4 aromatic carbocycles. The highest BCUT2D eigenvalue weighted by atomic mass is 16.2. The first-order valence-electron chi connectivity index (χ1n) is 10.6. The van der Waals surface area contributed by atoms with Crippen molar-refractivity contribution >= 4 is 33.8 Å². The Bertz CT molecular complexity index is 1350. The fourth-order valence-electron chi connectivity index (χ4n) is 4.06. The number of hydrogen-bond acceptors (Lipinski definition) is 3. The van der Waals surface area contributed by atoms with Crippen LogP contribution in [-0.2, 0) is 16.1 Å². The molecule has 4 heteroatoms. The van der Waals surface area contributed by atoms with Crippen molar-refractivity contribution in [2.75, 3.05) is 5.32 Å². The third-order valence-corrected chi connectivity index (χ3v) is 5.74. The Morgan fingerprint density at radius 1 is 0.719 bits per heavy atom. The van der Waals surface area contributed by atoms with Crippen molar-refractivity contribution in [2.45, 2.75) is 13.5 Å². The summed E-state index contributed by atoms with van der Waals surface area (Å²) in [6.45, 7) is 2.23. The average Bonchev–Trinajstić information content (AvgIpc) is 3.05. The zero-order valence-electron chi connectivity index (χ0n) is 17.7. The van der Waals surface area contributed by atoms with Crippen LogP contribution in [0.1, 0.15) is 16.7 Å². The van der Waals surface area contributed by atoms with Crippen LogP contribution in [0, 0.1) is 6.92 Å². The maximum atomic E-state index is 13.5. The Labute approximate surface area is 186 Å². The topological polar surface area (TPSA) is 49.4 Å². The molecule has 4 nitrogen and oxygen atoms in total. The molecule has 2 amide bonds. The summed E-state index contributed by atoms with van der Waals surface area (Å²) < 4.78 is 0. The molecule has 0 unspecified atom stereocenters. The van der Waals surface area contributed by atoms with Gasteiger partial charge in [0.25, 0.3) is 11.8 Å². The van der Waals surface area contributed by atoms with E-state index < -0.39 is 0 Å². The van der Waals surface area contributed by atoms with Crippen LogP contribution in [0.25, 0.3) is 16.3 Å². The Hall–Kier alpha value is -4.18. The van der Waals surface area contributed by atoms with Gasteiger partial charge in [-0.1, -0.05) is 96.6 Å². The number of hydrogen-bond donors (Lipinski definition) is 1. The number of aryl methyl sites for hydroxylation is 1. The SMILES string of the molecule is Cc1ccc(C2=C(Nc3cccc4ccccc34)C(=O)N(Cc3ccccc3)C2=O)cc1. The summed E-state index contributed by atoms with van der Waals surface area (Å²) in [4.78, 5) is 28.3. The second-order valence-electron chi connectivity index (χ2n) is 7.95. The highest BCUT2D eigenvalue weighted by Crippen LogP contribution is 2.33. The third-order valence-electron chi connectivity index (χ3n) is 5.74. The van der Waals surface area contributed by atoms with Gasteiger partial charge in [-0.25, -0.2) is 0 Å². The lowest BCUT2D eigenvalue weighted by atomic mass is 10.0. The smallest absolute Gasteiger partial charge is 0.278 e. The molecule has 0 saturated heterocycles. The van der Waals surface area contributed by atoms with Crippen molar-refractivity contribution in [2.24, 2.45) is 0 Å². The lowest BCUT2D eigenvalue weighted by Gasteiger charge is -2.16. The summed E-state index contributed by atoms with van der Waals surface area (Å²) in [5.41, 5.74) is 4.24. The minimum atomic E-state index is -0.317. The molecule has 1 aliphatic rings. The first-order chi connectivity index (χ1) is 15.6. The summed E-state index contributed by atoms with van der Waals surface area (Å²) in [6, 6.07) is 31.1. The molecule has 1 heterocycles. The van der Waals surface area contributed by atoms with Crippen molar-refractivity contribution in [1.82, 2.24) is 4.90 Å². The highest BCUT2D eigenvalue weighted by molar-refractivity contribution is 6.36. The molecule has 0 aromatic heterocycles. The molecule has 1 aliphatic heterocycles. The van der Waals surface area contributed by atoms with Crippen molar-refractivity contribution in [1.29, 1.82) is 0 Å². The average molecular weight is 418 g/mol. The van der Waals surface area contributed by atoms with E-state index in [-0.39, 0.29) is 18.4 Å². The lowest BCUT2D eigenvalue weighted by molar-refractivity contribution is -0.137. The van der Waals surface area contributed by atoms with E-state index in [4.69, 9.17) is 0 Å². The van der Waals surface area contributed by atoms with Gasteiger partial charge in [0.1, 0.15) is 5.70 Å². The first-order valence-corrected chi connectivity index (χ1v) is 10.6. The van der Waals surface area contributed by atoms with E-state index in [1.165, 1.54) is 4.90 Å². The van der Waals surface area contributed by atoms with Crippen LogP contribution in [0.4, 0.5) is 5.69 Å². The molecule has 4 aromatic rings. The summed E-state index contributed by atoms with van der Waals surface area (Å²) in [5, 5.41) is 5.37. The number of imide groups is 1. The van der Waals surface area contributed by atoms with Gasteiger partial charge < -0.3 is 5.32 Å². The van der Waals surface area contributed by atoms with Crippen LogP contribution in [0.5, 0.6) is 0 Å². The van der Waals surface area contributed by atoms with Gasteiger partial charge in [0, 0.05) is 11.1 Å². The van der Waals surface area contributed by atoms with Crippen LogP contribution >= 0.6 is 0 Å². The normalized spacial score (nSPS) is 13.8. The molecule has 0 atom stereocenters. The summed E-state index contributed by atoms with van der Waals surface area (Å²) in [5.74, 6) is -0.604. The third kappa shape index (κ3) is 3.56. The molecule has 5 rings (SSSR count). The summed E-state index contributed by atoms with van der Waals surface area (Å²) in [7, 11) is 0. The van der Waals surface area contributed by atoms with Crippen LogP contribution in [0.15, 0.2) is 103 Å². The molecule has 1 N–H and O–H groups in total. The summed E-state index contributed by atoms with van der Waals surface area (Å²) in [6.07, 6.45) is 0. The first kappa shape index (κ1) is 19.8. The Kier molecular flexibility index (Phi) is 5.04. The molecule has 0 spiro atoms. The van der Waals surface area contributed by atoms with Crippen LogP contribution in [0.2, 0.25) is 0 Å². The Morgan fingerprint density at radius 2 is 1.41 bits per heavy atom. The standard InChI is InChI=1S/C28H22N2O2/c1-19-14-16-22(17-15-19)25-26(29-24-13-7-11-21-10-5-6-12-23(21)24)28(32)30(27(25)31)18-20-8-3-2-4-9-20/h2-17,29H,18H2,1H3. The van der Waals surface area contributed by atoms with E-state index >= 15 is 0 Å². The van der Waals surface area contributed by atoms with E-state index in [0.717, 1.165) is 33.2 Å². The van der Waals surface area contributed by atoms with E-state index in [1.807, 2.05) is 104 Å². The van der Waals surface area contributed by atoms with Crippen molar-refractivity contribution in [3.05, 3.63) is 119 Å². The van der Waals surface area contributed by atoms with Gasteiger partial charge in [0.15, 0.2) is 0 Å². The lowest BCUT2D eigenvalue weighted by Crippen LogP contribution is -2.32. The van der Waals surface area contributed by atoms with Gasteiger partial charge in [-0.2, -0.15) is 0 Å². The van der Waals surface area contributed by atoms with Gasteiger partial charge in [-0.05, 0) is 29.5 Å². The molecule has 156 valence electrons. The van der Waals surface area contributed by atoms with Gasteiger partial charge >= 0.3 is 0 Å². The predicted octanol–water partition coefficient (Wildman–Crippen LogP) is 5.54. The largest absolute Gasteiger partial charge is 0.350 e. The predicted molar refractivity (Wildman–Crippen MR) is 128 cm³/mol. The number of fused-ring (bicyclic) bond motifs is 1. The molecule has 32 heavy (non-hydrogen) atoms. The number of rotatable bonds is 5.